The molecule has 1 aromatic heterocycles. The van der Waals surface area contributed by atoms with E-state index in [4.69, 9.17) is 17.3 Å². The Morgan fingerprint density at radius 1 is 1.27 bits per heavy atom. The SMILES string of the molecule is CCCS(=O)(=O)c1c(C)c(C)n(Cc2cccc(Cl)c2)c1N. The minimum Gasteiger partial charge on any atom is -0.384 e. The highest BCUT2D eigenvalue weighted by molar-refractivity contribution is 7.91. The van der Waals surface area contributed by atoms with E-state index in [2.05, 4.69) is 0 Å². The highest BCUT2D eigenvalue weighted by Gasteiger charge is 2.25. The van der Waals surface area contributed by atoms with Gasteiger partial charge < -0.3 is 10.3 Å². The predicted molar refractivity (Wildman–Crippen MR) is 91.2 cm³/mol. The molecule has 0 spiro atoms. The quantitative estimate of drug-likeness (QED) is 0.904. The number of nitrogens with zero attached hydrogens (tertiary/aromatic N) is 1. The molecule has 2 aromatic rings. The maximum absolute atomic E-state index is 12.4. The molecule has 2 rings (SSSR count). The van der Waals surface area contributed by atoms with Crippen LogP contribution in [0.3, 0.4) is 0 Å². The fourth-order valence-corrected chi connectivity index (χ4v) is 4.64. The lowest BCUT2D eigenvalue weighted by atomic mass is 10.2. The highest BCUT2D eigenvalue weighted by atomic mass is 35.5. The molecule has 0 bridgehead atoms. The summed E-state index contributed by atoms with van der Waals surface area (Å²) in [5.74, 6) is 0.419. The van der Waals surface area contributed by atoms with E-state index in [-0.39, 0.29) is 10.6 Å². The molecule has 4 nitrogen and oxygen atoms in total. The molecule has 0 saturated carbocycles. The third-order valence-electron chi connectivity index (χ3n) is 3.83. The summed E-state index contributed by atoms with van der Waals surface area (Å²) < 4.78 is 26.7. The van der Waals surface area contributed by atoms with Gasteiger partial charge >= 0.3 is 0 Å². The lowest BCUT2D eigenvalue weighted by Gasteiger charge is -2.10. The van der Waals surface area contributed by atoms with Gasteiger partial charge in [0.05, 0.1) is 5.75 Å². The molecule has 0 amide bonds. The van der Waals surface area contributed by atoms with E-state index in [1.807, 2.05) is 43.5 Å². The molecule has 0 aliphatic carbocycles. The van der Waals surface area contributed by atoms with Crippen LogP contribution in [-0.4, -0.2) is 18.7 Å². The molecule has 2 N–H and O–H groups in total. The lowest BCUT2D eigenvalue weighted by Crippen LogP contribution is -2.11. The standard InChI is InChI=1S/C16H21ClN2O2S/c1-4-8-22(20,21)15-11(2)12(3)19(16(15)18)10-13-6-5-7-14(17)9-13/h5-7,9H,4,8,10,18H2,1-3H3. The van der Waals surface area contributed by atoms with Gasteiger partial charge in [0.2, 0.25) is 0 Å². The van der Waals surface area contributed by atoms with Crippen molar-refractivity contribution < 1.29 is 8.42 Å². The second-order valence-corrected chi connectivity index (χ2v) is 7.94. The van der Waals surface area contributed by atoms with E-state index in [0.29, 0.717) is 23.8 Å². The van der Waals surface area contributed by atoms with Crippen molar-refractivity contribution in [1.29, 1.82) is 0 Å². The van der Waals surface area contributed by atoms with Crippen molar-refractivity contribution in [2.45, 2.75) is 38.6 Å². The van der Waals surface area contributed by atoms with Crippen LogP contribution in [0.15, 0.2) is 29.2 Å². The van der Waals surface area contributed by atoms with E-state index < -0.39 is 9.84 Å². The van der Waals surface area contributed by atoms with Crippen LogP contribution in [0.4, 0.5) is 5.82 Å². The van der Waals surface area contributed by atoms with Crippen LogP contribution in [0.25, 0.3) is 0 Å². The first-order chi connectivity index (χ1) is 10.3. The summed E-state index contributed by atoms with van der Waals surface area (Å²) in [5.41, 5.74) is 8.74. The van der Waals surface area contributed by atoms with Gasteiger partial charge in [-0.2, -0.15) is 0 Å². The second kappa shape index (κ2) is 6.34. The Balaban J connectivity index is 2.51. The van der Waals surface area contributed by atoms with Crippen LogP contribution in [0, 0.1) is 13.8 Å². The van der Waals surface area contributed by atoms with Crippen LogP contribution in [-0.2, 0) is 16.4 Å². The van der Waals surface area contributed by atoms with Gasteiger partial charge in [-0.05, 0) is 43.5 Å². The maximum Gasteiger partial charge on any atom is 0.182 e. The summed E-state index contributed by atoms with van der Waals surface area (Å²) in [5, 5.41) is 0.649. The lowest BCUT2D eigenvalue weighted by molar-refractivity contribution is 0.594. The number of nitrogens with two attached hydrogens (primary N) is 1. The zero-order valence-corrected chi connectivity index (χ0v) is 14.6. The molecule has 0 radical (unpaired) electrons. The van der Waals surface area contributed by atoms with Crippen molar-refractivity contribution in [2.24, 2.45) is 0 Å². The molecular formula is C16H21ClN2O2S. The average Bonchev–Trinajstić information content (AvgIpc) is 2.63. The Hall–Kier alpha value is -1.46. The van der Waals surface area contributed by atoms with Crippen molar-refractivity contribution >= 4 is 27.3 Å². The first-order valence-electron chi connectivity index (χ1n) is 7.20. The van der Waals surface area contributed by atoms with E-state index in [9.17, 15) is 8.42 Å². The van der Waals surface area contributed by atoms with E-state index in [0.717, 1.165) is 16.8 Å². The number of sulfone groups is 1. The number of aromatic nitrogens is 1. The zero-order valence-electron chi connectivity index (χ0n) is 13.1. The molecule has 22 heavy (non-hydrogen) atoms. The number of anilines is 1. The van der Waals surface area contributed by atoms with Crippen molar-refractivity contribution in [1.82, 2.24) is 4.57 Å². The number of rotatable bonds is 5. The molecule has 0 aliphatic rings. The van der Waals surface area contributed by atoms with Crippen molar-refractivity contribution in [3.8, 4) is 0 Å². The van der Waals surface area contributed by atoms with Crippen LogP contribution >= 0.6 is 11.6 Å². The van der Waals surface area contributed by atoms with Gasteiger partial charge in [-0.25, -0.2) is 8.42 Å². The average molecular weight is 341 g/mol. The summed E-state index contributed by atoms with van der Waals surface area (Å²) >= 11 is 6.00. The smallest absolute Gasteiger partial charge is 0.182 e. The Labute approximate surface area is 136 Å². The Kier molecular flexibility index (Phi) is 4.87. The number of benzene rings is 1. The summed E-state index contributed by atoms with van der Waals surface area (Å²) in [6.45, 7) is 6.05. The molecule has 0 aliphatic heterocycles. The summed E-state index contributed by atoms with van der Waals surface area (Å²) in [6.07, 6.45) is 0.569. The molecule has 0 unspecified atom stereocenters. The predicted octanol–water partition coefficient (Wildman–Crippen LogP) is 3.57. The highest BCUT2D eigenvalue weighted by Crippen LogP contribution is 2.31. The number of nitrogen functional groups attached to an aromatic ring is 1. The van der Waals surface area contributed by atoms with Crippen LogP contribution < -0.4 is 5.73 Å². The van der Waals surface area contributed by atoms with Gasteiger partial charge in [0, 0.05) is 17.3 Å². The van der Waals surface area contributed by atoms with Gasteiger partial charge in [0.15, 0.2) is 9.84 Å². The zero-order chi connectivity index (χ0) is 16.5. The number of hydrogen-bond donors (Lipinski definition) is 1. The number of halogens is 1. The van der Waals surface area contributed by atoms with Crippen molar-refractivity contribution in [3.05, 3.63) is 46.1 Å². The monoisotopic (exact) mass is 340 g/mol. The molecule has 1 heterocycles. The Bertz CT molecular complexity index is 795. The van der Waals surface area contributed by atoms with Crippen LogP contribution in [0.5, 0.6) is 0 Å². The summed E-state index contributed by atoms with van der Waals surface area (Å²) in [6, 6.07) is 7.48. The first kappa shape index (κ1) is 16.9. The largest absolute Gasteiger partial charge is 0.384 e. The Morgan fingerprint density at radius 3 is 2.55 bits per heavy atom. The third kappa shape index (κ3) is 3.15. The van der Waals surface area contributed by atoms with E-state index in [1.165, 1.54) is 0 Å². The van der Waals surface area contributed by atoms with Gasteiger partial charge in [0.1, 0.15) is 10.7 Å². The molecule has 0 fully saturated rings. The number of hydrogen-bond acceptors (Lipinski definition) is 3. The van der Waals surface area contributed by atoms with Crippen molar-refractivity contribution in [2.75, 3.05) is 11.5 Å². The van der Waals surface area contributed by atoms with E-state index >= 15 is 0 Å². The molecular weight excluding hydrogens is 320 g/mol. The normalized spacial score (nSPS) is 11.8. The van der Waals surface area contributed by atoms with E-state index in [1.54, 1.807) is 6.07 Å². The fourth-order valence-electron chi connectivity index (χ4n) is 2.65. The van der Waals surface area contributed by atoms with Gasteiger partial charge in [-0.15, -0.1) is 0 Å². The third-order valence-corrected chi connectivity index (χ3v) is 6.14. The molecule has 0 saturated heterocycles. The topological polar surface area (TPSA) is 65.1 Å². The fraction of sp³-hybridized carbons (Fsp3) is 0.375. The first-order valence-corrected chi connectivity index (χ1v) is 9.23. The minimum atomic E-state index is -3.35. The van der Waals surface area contributed by atoms with Crippen molar-refractivity contribution in [3.63, 3.8) is 0 Å². The van der Waals surface area contributed by atoms with Crippen LogP contribution in [0.1, 0.15) is 30.2 Å². The van der Waals surface area contributed by atoms with Gasteiger partial charge in [-0.3, -0.25) is 0 Å². The maximum atomic E-state index is 12.4. The van der Waals surface area contributed by atoms with Gasteiger partial charge in [-0.1, -0.05) is 30.7 Å². The minimum absolute atomic E-state index is 0.110. The Morgan fingerprint density at radius 2 is 1.95 bits per heavy atom. The summed E-state index contributed by atoms with van der Waals surface area (Å²) in [7, 11) is -3.35. The second-order valence-electron chi connectivity index (χ2n) is 5.46. The molecule has 0 atom stereocenters. The van der Waals surface area contributed by atoms with Gasteiger partial charge in [0.25, 0.3) is 0 Å². The van der Waals surface area contributed by atoms with Crippen LogP contribution in [0.2, 0.25) is 5.02 Å². The molecule has 1 aromatic carbocycles. The molecule has 120 valence electrons. The molecule has 6 heteroatoms. The summed E-state index contributed by atoms with van der Waals surface area (Å²) in [4.78, 5) is 0.272.